The first kappa shape index (κ1) is 13.3. The van der Waals surface area contributed by atoms with E-state index in [1.807, 2.05) is 44.2 Å². The minimum absolute atomic E-state index is 0.0669. The molecule has 1 amide bonds. The lowest BCUT2D eigenvalue weighted by atomic mass is 10.1. The molecule has 0 aliphatic rings. The highest BCUT2D eigenvalue weighted by molar-refractivity contribution is 5.93. The van der Waals surface area contributed by atoms with E-state index in [2.05, 4.69) is 10.3 Å². The summed E-state index contributed by atoms with van der Waals surface area (Å²) in [5.74, 6) is 0.820. The van der Waals surface area contributed by atoms with E-state index in [4.69, 9.17) is 0 Å². The van der Waals surface area contributed by atoms with Gasteiger partial charge in [0, 0.05) is 25.2 Å². The van der Waals surface area contributed by atoms with Crippen LogP contribution in [-0.4, -0.2) is 35.4 Å². The third-order valence-electron chi connectivity index (χ3n) is 3.25. The number of hydrogen-bond donors (Lipinski definition) is 1. The summed E-state index contributed by atoms with van der Waals surface area (Å²) in [7, 11) is 1.80. The lowest BCUT2D eigenvalue weighted by Gasteiger charge is -2.21. The molecule has 1 atom stereocenters. The Bertz CT molecular complexity index is 577. The summed E-state index contributed by atoms with van der Waals surface area (Å²) in [5, 5.41) is 5.34. The molecule has 1 heterocycles. The van der Waals surface area contributed by atoms with E-state index >= 15 is 0 Å². The maximum absolute atomic E-state index is 12.1. The fourth-order valence-electron chi connectivity index (χ4n) is 1.99. The summed E-state index contributed by atoms with van der Waals surface area (Å²) in [6.45, 7) is 4.52. The number of rotatable bonds is 4. The van der Waals surface area contributed by atoms with Crippen molar-refractivity contribution in [3.05, 3.63) is 36.5 Å². The Morgan fingerprint density at radius 3 is 2.84 bits per heavy atom. The number of aromatic nitrogens is 1. The van der Waals surface area contributed by atoms with E-state index in [-0.39, 0.29) is 11.9 Å². The van der Waals surface area contributed by atoms with Crippen LogP contribution in [0, 0.1) is 0 Å². The monoisotopic (exact) mass is 257 g/mol. The molecule has 0 aliphatic carbocycles. The van der Waals surface area contributed by atoms with Crippen LogP contribution in [0.25, 0.3) is 10.8 Å². The second-order valence-electron chi connectivity index (χ2n) is 4.60. The van der Waals surface area contributed by atoms with Gasteiger partial charge in [-0.2, -0.15) is 0 Å². The molecule has 0 saturated carbocycles. The van der Waals surface area contributed by atoms with Crippen molar-refractivity contribution in [2.75, 3.05) is 18.9 Å². The highest BCUT2D eigenvalue weighted by Crippen LogP contribution is 2.21. The van der Waals surface area contributed by atoms with Crippen LogP contribution in [0.4, 0.5) is 5.82 Å². The number of pyridine rings is 1. The van der Waals surface area contributed by atoms with Crippen LogP contribution in [0.3, 0.4) is 0 Å². The fraction of sp³-hybridized carbons (Fsp3) is 0.333. The molecule has 0 aliphatic heterocycles. The zero-order valence-electron chi connectivity index (χ0n) is 11.6. The van der Waals surface area contributed by atoms with Gasteiger partial charge >= 0.3 is 0 Å². The molecule has 0 fully saturated rings. The number of hydrogen-bond acceptors (Lipinski definition) is 3. The largest absolute Gasteiger partial charge is 0.358 e. The molecular formula is C15H19N3O. The van der Waals surface area contributed by atoms with Crippen LogP contribution < -0.4 is 5.32 Å². The molecule has 1 aromatic carbocycles. The maximum atomic E-state index is 12.1. The standard InChI is InChI=1S/C15H19N3O/c1-4-18(3)15(19)11(2)17-14-13-8-6-5-7-12(13)9-10-16-14/h5-11H,4H2,1-3H3,(H,16,17). The molecular weight excluding hydrogens is 238 g/mol. The number of likely N-dealkylation sites (N-methyl/N-ethyl adjacent to an activating group) is 1. The predicted octanol–water partition coefficient (Wildman–Crippen LogP) is 2.51. The van der Waals surface area contributed by atoms with E-state index in [0.29, 0.717) is 6.54 Å². The van der Waals surface area contributed by atoms with Crippen molar-refractivity contribution in [1.82, 2.24) is 9.88 Å². The minimum Gasteiger partial charge on any atom is -0.358 e. The van der Waals surface area contributed by atoms with Gasteiger partial charge in [0.2, 0.25) is 5.91 Å². The van der Waals surface area contributed by atoms with Crippen LogP contribution in [0.15, 0.2) is 36.5 Å². The van der Waals surface area contributed by atoms with Crippen molar-refractivity contribution in [2.24, 2.45) is 0 Å². The highest BCUT2D eigenvalue weighted by atomic mass is 16.2. The van der Waals surface area contributed by atoms with Gasteiger partial charge in [-0.1, -0.05) is 24.3 Å². The molecule has 4 heteroatoms. The van der Waals surface area contributed by atoms with Gasteiger partial charge in [0.25, 0.3) is 0 Å². The SMILES string of the molecule is CCN(C)C(=O)C(C)Nc1nccc2ccccc12. The Labute approximate surface area is 113 Å². The molecule has 0 saturated heterocycles. The first-order chi connectivity index (χ1) is 9.13. The Morgan fingerprint density at radius 1 is 1.37 bits per heavy atom. The van der Waals surface area contributed by atoms with Gasteiger partial charge < -0.3 is 10.2 Å². The Balaban J connectivity index is 2.24. The quantitative estimate of drug-likeness (QED) is 0.915. The van der Waals surface area contributed by atoms with Crippen LogP contribution in [0.2, 0.25) is 0 Å². The summed E-state index contributed by atoms with van der Waals surface area (Å²) in [6, 6.07) is 9.68. The fourth-order valence-corrected chi connectivity index (χ4v) is 1.99. The number of nitrogens with one attached hydrogen (secondary N) is 1. The molecule has 0 spiro atoms. The number of fused-ring (bicyclic) bond motifs is 1. The van der Waals surface area contributed by atoms with Crippen molar-refractivity contribution in [3.63, 3.8) is 0 Å². The normalized spacial score (nSPS) is 12.2. The topological polar surface area (TPSA) is 45.2 Å². The molecule has 100 valence electrons. The number of nitrogens with zero attached hydrogens (tertiary/aromatic N) is 2. The third kappa shape index (κ3) is 2.84. The maximum Gasteiger partial charge on any atom is 0.244 e. The first-order valence-electron chi connectivity index (χ1n) is 6.48. The average molecular weight is 257 g/mol. The highest BCUT2D eigenvalue weighted by Gasteiger charge is 2.17. The number of carbonyl (C=O) groups excluding carboxylic acids is 1. The van der Waals surface area contributed by atoms with E-state index < -0.39 is 0 Å². The third-order valence-corrected chi connectivity index (χ3v) is 3.25. The van der Waals surface area contributed by atoms with Crippen molar-refractivity contribution < 1.29 is 4.79 Å². The summed E-state index contributed by atoms with van der Waals surface area (Å²) in [5.41, 5.74) is 0. The van der Waals surface area contributed by atoms with Gasteiger partial charge in [0.15, 0.2) is 0 Å². The first-order valence-corrected chi connectivity index (χ1v) is 6.48. The van der Waals surface area contributed by atoms with Crippen LogP contribution >= 0.6 is 0 Å². The average Bonchev–Trinajstić information content (AvgIpc) is 2.46. The summed E-state index contributed by atoms with van der Waals surface area (Å²) >= 11 is 0. The number of carbonyl (C=O) groups is 1. The van der Waals surface area contributed by atoms with Gasteiger partial charge in [-0.3, -0.25) is 4.79 Å². The zero-order chi connectivity index (χ0) is 13.8. The minimum atomic E-state index is -0.289. The van der Waals surface area contributed by atoms with E-state index in [1.165, 1.54) is 0 Å². The Hall–Kier alpha value is -2.10. The molecule has 1 aromatic heterocycles. The van der Waals surface area contributed by atoms with Crippen LogP contribution in [-0.2, 0) is 4.79 Å². The van der Waals surface area contributed by atoms with Crippen molar-refractivity contribution in [3.8, 4) is 0 Å². The molecule has 2 rings (SSSR count). The van der Waals surface area contributed by atoms with Crippen LogP contribution in [0.5, 0.6) is 0 Å². The van der Waals surface area contributed by atoms with E-state index in [1.54, 1.807) is 18.1 Å². The molecule has 2 aromatic rings. The second-order valence-corrected chi connectivity index (χ2v) is 4.60. The van der Waals surface area contributed by atoms with Crippen molar-refractivity contribution in [2.45, 2.75) is 19.9 Å². The van der Waals surface area contributed by atoms with Gasteiger partial charge in [0.1, 0.15) is 11.9 Å². The van der Waals surface area contributed by atoms with Gasteiger partial charge in [0.05, 0.1) is 0 Å². The smallest absolute Gasteiger partial charge is 0.244 e. The summed E-state index contributed by atoms with van der Waals surface area (Å²) in [4.78, 5) is 18.1. The predicted molar refractivity (Wildman–Crippen MR) is 78.1 cm³/mol. The lowest BCUT2D eigenvalue weighted by Crippen LogP contribution is -2.39. The zero-order valence-corrected chi connectivity index (χ0v) is 11.6. The lowest BCUT2D eigenvalue weighted by molar-refractivity contribution is -0.130. The molecule has 1 unspecified atom stereocenters. The molecule has 1 N–H and O–H groups in total. The second kappa shape index (κ2) is 5.69. The van der Waals surface area contributed by atoms with Crippen LogP contribution in [0.1, 0.15) is 13.8 Å². The summed E-state index contributed by atoms with van der Waals surface area (Å²) < 4.78 is 0. The number of benzene rings is 1. The summed E-state index contributed by atoms with van der Waals surface area (Å²) in [6.07, 6.45) is 1.76. The molecule has 0 radical (unpaired) electrons. The van der Waals surface area contributed by atoms with Crippen molar-refractivity contribution >= 4 is 22.5 Å². The van der Waals surface area contributed by atoms with Gasteiger partial charge in [-0.05, 0) is 25.3 Å². The molecule has 4 nitrogen and oxygen atoms in total. The van der Waals surface area contributed by atoms with Gasteiger partial charge in [-0.25, -0.2) is 4.98 Å². The number of anilines is 1. The van der Waals surface area contributed by atoms with E-state index in [0.717, 1.165) is 16.6 Å². The van der Waals surface area contributed by atoms with Gasteiger partial charge in [-0.15, -0.1) is 0 Å². The Kier molecular flexibility index (Phi) is 4.00. The van der Waals surface area contributed by atoms with E-state index in [9.17, 15) is 4.79 Å². The Morgan fingerprint density at radius 2 is 2.11 bits per heavy atom. The molecule has 0 bridgehead atoms. The molecule has 19 heavy (non-hydrogen) atoms. The van der Waals surface area contributed by atoms with Crippen molar-refractivity contribution in [1.29, 1.82) is 0 Å². The number of amides is 1.